The van der Waals surface area contributed by atoms with E-state index in [1.807, 2.05) is 6.92 Å². The molecule has 0 fully saturated rings. The summed E-state index contributed by atoms with van der Waals surface area (Å²) in [6.07, 6.45) is 1.54. The van der Waals surface area contributed by atoms with E-state index in [2.05, 4.69) is 4.99 Å². The van der Waals surface area contributed by atoms with Gasteiger partial charge in [-0.25, -0.2) is 9.79 Å². The molecular weight excluding hydrogens is 509 g/mol. The summed E-state index contributed by atoms with van der Waals surface area (Å²) in [4.78, 5) is 29.6. The van der Waals surface area contributed by atoms with Crippen molar-refractivity contribution in [3.63, 3.8) is 0 Å². The zero-order valence-electron chi connectivity index (χ0n) is 18.7. The van der Waals surface area contributed by atoms with Crippen molar-refractivity contribution < 1.29 is 23.8 Å². The summed E-state index contributed by atoms with van der Waals surface area (Å²) in [6.45, 7) is 3.65. The van der Waals surface area contributed by atoms with Crippen LogP contribution in [0.3, 0.4) is 0 Å². The predicted molar refractivity (Wildman–Crippen MR) is 139 cm³/mol. The van der Waals surface area contributed by atoms with E-state index in [0.717, 1.165) is 17.3 Å². The number of aliphatic hydroxyl groups excluding tert-OH is 1. The molecule has 0 aliphatic carbocycles. The van der Waals surface area contributed by atoms with Crippen molar-refractivity contribution in [2.75, 3.05) is 6.61 Å². The molecule has 0 spiro atoms. The second kappa shape index (κ2) is 10.6. The minimum atomic E-state index is -0.776. The van der Waals surface area contributed by atoms with E-state index in [1.54, 1.807) is 67.6 Å². The lowest BCUT2D eigenvalue weighted by molar-refractivity contribution is -0.138. The van der Waals surface area contributed by atoms with Gasteiger partial charge in [-0.1, -0.05) is 58.7 Å². The lowest BCUT2D eigenvalue weighted by atomic mass is 10.1. The van der Waals surface area contributed by atoms with Crippen LogP contribution in [0.5, 0.6) is 0 Å². The van der Waals surface area contributed by atoms with Crippen LogP contribution in [0.1, 0.15) is 28.6 Å². The Balaban J connectivity index is 1.69. The quantitative estimate of drug-likeness (QED) is 0.351. The second-order valence-electron chi connectivity index (χ2n) is 7.45. The number of thioether (sulfide) groups is 1. The Morgan fingerprint density at radius 3 is 2.57 bits per heavy atom. The summed E-state index contributed by atoms with van der Waals surface area (Å²) < 4.78 is 10.9. The molecule has 2 heterocycles. The van der Waals surface area contributed by atoms with Gasteiger partial charge in [0, 0.05) is 11.1 Å². The third-order valence-electron chi connectivity index (χ3n) is 4.99. The van der Waals surface area contributed by atoms with Crippen LogP contribution in [0.25, 0.3) is 17.4 Å². The first kappa shape index (κ1) is 24.9. The number of benzene rings is 2. The Bertz CT molecular complexity index is 1400. The molecule has 2 aromatic carbocycles. The number of nitrogens with zero attached hydrogens (tertiary/aromatic N) is 1. The number of halogens is 2. The van der Waals surface area contributed by atoms with Gasteiger partial charge in [-0.2, -0.15) is 0 Å². The molecule has 3 aromatic rings. The molecule has 0 bridgehead atoms. The van der Waals surface area contributed by atoms with Gasteiger partial charge in [0.05, 0.1) is 21.6 Å². The van der Waals surface area contributed by atoms with Crippen molar-refractivity contribution in [1.29, 1.82) is 0 Å². The number of aliphatic imine (C=N–C) groups is 1. The fraction of sp³-hybridized carbons (Fsp3) is 0.115. The number of hydrogen-bond acceptors (Lipinski definition) is 6. The number of ether oxygens (including phenoxy) is 1. The normalized spacial score (nSPS) is 15.8. The summed E-state index contributed by atoms with van der Waals surface area (Å²) in [5.74, 6) is -0.798. The molecule has 35 heavy (non-hydrogen) atoms. The highest BCUT2D eigenvalue weighted by Gasteiger charge is 2.34. The smallest absolute Gasteiger partial charge is 0.344 e. The summed E-state index contributed by atoms with van der Waals surface area (Å²) in [7, 11) is 0. The summed E-state index contributed by atoms with van der Waals surface area (Å²) in [6, 6.07) is 15.5. The van der Waals surface area contributed by atoms with Crippen LogP contribution in [0, 0.1) is 6.92 Å². The zero-order valence-corrected chi connectivity index (χ0v) is 21.0. The van der Waals surface area contributed by atoms with Gasteiger partial charge < -0.3 is 14.3 Å². The average Bonchev–Trinajstić information content (AvgIpc) is 3.40. The third kappa shape index (κ3) is 5.37. The highest BCUT2D eigenvalue weighted by atomic mass is 35.5. The zero-order chi connectivity index (χ0) is 25.1. The number of furan rings is 1. The van der Waals surface area contributed by atoms with E-state index < -0.39 is 11.9 Å². The van der Waals surface area contributed by atoms with Crippen LogP contribution in [0.4, 0.5) is 0 Å². The Morgan fingerprint density at radius 2 is 1.86 bits per heavy atom. The van der Waals surface area contributed by atoms with Crippen molar-refractivity contribution in [3.8, 4) is 11.3 Å². The van der Waals surface area contributed by atoms with Gasteiger partial charge in [0.2, 0.25) is 0 Å². The molecule has 4 rings (SSSR count). The van der Waals surface area contributed by atoms with E-state index in [9.17, 15) is 14.7 Å². The van der Waals surface area contributed by atoms with Crippen molar-refractivity contribution in [2.24, 2.45) is 4.99 Å². The Hall–Kier alpha value is -3.26. The molecular formula is C26H19Cl2NO5S. The van der Waals surface area contributed by atoms with Crippen LogP contribution >= 0.6 is 35.0 Å². The molecule has 0 atom stereocenters. The molecule has 6 nitrogen and oxygen atoms in total. The standard InChI is InChI=1S/C26H19Cl2NO5S/c1-3-33-26(32)21-23(30)20(35-25(21)29-24(31)15-9-7-14(2)8-10-15)13-16-11-12-19(34-16)17-5-4-6-18(27)22(17)28/h4-13,30H,3H2,1-2H3/b20-13-,29-25?. The first-order chi connectivity index (χ1) is 16.8. The molecule has 1 amide bonds. The van der Waals surface area contributed by atoms with Crippen molar-refractivity contribution >= 4 is 58.0 Å². The van der Waals surface area contributed by atoms with E-state index in [1.165, 1.54) is 0 Å². The first-order valence-electron chi connectivity index (χ1n) is 10.5. The summed E-state index contributed by atoms with van der Waals surface area (Å²) >= 11 is 13.3. The molecule has 0 saturated carbocycles. The number of carbonyl (C=O) groups excluding carboxylic acids is 2. The summed E-state index contributed by atoms with van der Waals surface area (Å²) in [5, 5.41) is 11.6. The molecule has 1 aliphatic heterocycles. The molecule has 0 radical (unpaired) electrons. The maximum atomic E-state index is 12.7. The molecule has 1 aromatic heterocycles. The largest absolute Gasteiger partial charge is 0.506 e. The van der Waals surface area contributed by atoms with Gasteiger partial charge in [-0.05, 0) is 56.3 Å². The monoisotopic (exact) mass is 527 g/mol. The van der Waals surface area contributed by atoms with Crippen molar-refractivity contribution in [1.82, 2.24) is 0 Å². The van der Waals surface area contributed by atoms with Gasteiger partial charge in [-0.3, -0.25) is 4.79 Å². The topological polar surface area (TPSA) is 89.1 Å². The minimum Gasteiger partial charge on any atom is -0.506 e. The third-order valence-corrected chi connectivity index (χ3v) is 6.83. The SMILES string of the molecule is CCOC(=O)C1=C(O)/C(=C/c2ccc(-c3cccc(Cl)c3Cl)o2)SC1=NC(=O)c1ccc(C)cc1. The van der Waals surface area contributed by atoms with Crippen LogP contribution in [0.2, 0.25) is 10.0 Å². The Morgan fingerprint density at radius 1 is 1.11 bits per heavy atom. The number of esters is 1. The number of aliphatic hydroxyl groups is 1. The van der Waals surface area contributed by atoms with E-state index in [4.69, 9.17) is 32.4 Å². The van der Waals surface area contributed by atoms with Crippen molar-refractivity contribution in [3.05, 3.63) is 97.8 Å². The lowest BCUT2D eigenvalue weighted by Gasteiger charge is -2.03. The Labute approximate surface area is 215 Å². The summed E-state index contributed by atoms with van der Waals surface area (Å²) in [5.41, 5.74) is 1.79. The number of carbonyl (C=O) groups is 2. The number of rotatable bonds is 5. The average molecular weight is 528 g/mol. The number of hydrogen-bond donors (Lipinski definition) is 1. The highest BCUT2D eigenvalue weighted by Crippen LogP contribution is 2.40. The molecule has 0 unspecified atom stereocenters. The van der Waals surface area contributed by atoms with Crippen molar-refractivity contribution in [2.45, 2.75) is 13.8 Å². The van der Waals surface area contributed by atoms with E-state index >= 15 is 0 Å². The number of amides is 1. The Kier molecular flexibility index (Phi) is 7.50. The van der Waals surface area contributed by atoms with E-state index in [-0.39, 0.29) is 27.9 Å². The predicted octanol–water partition coefficient (Wildman–Crippen LogP) is 7.26. The van der Waals surface area contributed by atoms with Gasteiger partial charge in [0.1, 0.15) is 27.9 Å². The van der Waals surface area contributed by atoms with Gasteiger partial charge in [0.25, 0.3) is 5.91 Å². The first-order valence-corrected chi connectivity index (χ1v) is 12.1. The lowest BCUT2D eigenvalue weighted by Crippen LogP contribution is -2.14. The van der Waals surface area contributed by atoms with Crippen LogP contribution in [-0.4, -0.2) is 28.6 Å². The van der Waals surface area contributed by atoms with Gasteiger partial charge in [-0.15, -0.1) is 0 Å². The maximum absolute atomic E-state index is 12.7. The number of aryl methyl sites for hydroxylation is 1. The molecule has 178 valence electrons. The van der Waals surface area contributed by atoms with E-state index in [0.29, 0.717) is 32.7 Å². The fourth-order valence-corrected chi connectivity index (χ4v) is 4.63. The minimum absolute atomic E-state index is 0.0439. The van der Waals surface area contributed by atoms with Gasteiger partial charge >= 0.3 is 5.97 Å². The molecule has 9 heteroatoms. The second-order valence-corrected chi connectivity index (χ2v) is 9.26. The van der Waals surface area contributed by atoms with Gasteiger partial charge in [0.15, 0.2) is 0 Å². The molecule has 0 saturated heterocycles. The molecule has 1 aliphatic rings. The highest BCUT2D eigenvalue weighted by molar-refractivity contribution is 8.18. The fourth-order valence-electron chi connectivity index (χ4n) is 3.24. The molecule has 1 N–H and O–H groups in total. The van der Waals surface area contributed by atoms with Crippen LogP contribution in [0.15, 0.2) is 80.2 Å². The van der Waals surface area contributed by atoms with Crippen LogP contribution in [-0.2, 0) is 9.53 Å². The van der Waals surface area contributed by atoms with Crippen LogP contribution < -0.4 is 0 Å². The maximum Gasteiger partial charge on any atom is 0.344 e.